The lowest BCUT2D eigenvalue weighted by atomic mass is 10.5. The van der Waals surface area contributed by atoms with Gasteiger partial charge in [0.05, 0.1) is 25.2 Å². The molecule has 0 bridgehead atoms. The molecular formula is C10H14O8S2. The molecule has 0 aromatic carbocycles. The molecule has 0 amide bonds. The molecular weight excluding hydrogens is 312 g/mol. The Morgan fingerprint density at radius 3 is 2.05 bits per heavy atom. The van der Waals surface area contributed by atoms with E-state index in [0.29, 0.717) is 0 Å². The van der Waals surface area contributed by atoms with Crippen LogP contribution in [0.5, 0.6) is 0 Å². The second-order valence-electron chi connectivity index (χ2n) is 2.94. The highest BCUT2D eigenvalue weighted by molar-refractivity contribution is 7.81. The fourth-order valence-electron chi connectivity index (χ4n) is 0.821. The van der Waals surface area contributed by atoms with Crippen LogP contribution in [-0.2, 0) is 33.3 Å². The molecule has 0 saturated carbocycles. The van der Waals surface area contributed by atoms with Gasteiger partial charge in [0, 0.05) is 0 Å². The Kier molecular flexibility index (Phi) is 9.68. The van der Waals surface area contributed by atoms with Crippen LogP contribution in [-0.4, -0.2) is 54.8 Å². The minimum Gasteiger partial charge on any atom is -0.463 e. The molecule has 0 aliphatic heterocycles. The third kappa shape index (κ3) is 6.68. The topological polar surface area (TPSA) is 108 Å². The Morgan fingerprint density at radius 2 is 1.60 bits per heavy atom. The number of rotatable bonds is 8. The van der Waals surface area contributed by atoms with Crippen molar-refractivity contribution in [1.29, 1.82) is 0 Å². The Balaban J connectivity index is 5.38. The Labute approximate surface area is 125 Å². The number of carbonyl (C=O) groups is 3. The summed E-state index contributed by atoms with van der Waals surface area (Å²) in [4.78, 5) is 33.9. The Bertz CT molecular complexity index is 393. The van der Waals surface area contributed by atoms with Crippen molar-refractivity contribution in [2.24, 2.45) is 0 Å². The van der Waals surface area contributed by atoms with Crippen molar-refractivity contribution in [3.8, 4) is 0 Å². The molecule has 20 heavy (non-hydrogen) atoms. The largest absolute Gasteiger partial charge is 0.463 e. The molecule has 10 heteroatoms. The smallest absolute Gasteiger partial charge is 0.381 e. The zero-order valence-electron chi connectivity index (χ0n) is 10.5. The summed E-state index contributed by atoms with van der Waals surface area (Å²) >= 11 is 7.34. The number of thiol groups is 2. The maximum absolute atomic E-state index is 11.5. The first-order valence-electron chi connectivity index (χ1n) is 5.19. The van der Waals surface area contributed by atoms with Crippen molar-refractivity contribution in [3.63, 3.8) is 0 Å². The molecule has 0 rings (SSSR count). The van der Waals surface area contributed by atoms with Gasteiger partial charge in [-0.3, -0.25) is 9.59 Å². The fourth-order valence-corrected chi connectivity index (χ4v) is 0.950. The molecule has 0 aromatic heterocycles. The van der Waals surface area contributed by atoms with E-state index in [1.165, 1.54) is 0 Å². The van der Waals surface area contributed by atoms with Gasteiger partial charge in [-0.15, -0.1) is 0 Å². The summed E-state index contributed by atoms with van der Waals surface area (Å²) < 4.78 is 18.5. The lowest BCUT2D eigenvalue weighted by molar-refractivity contribution is -0.153. The van der Waals surface area contributed by atoms with Gasteiger partial charge >= 0.3 is 23.9 Å². The molecule has 0 aliphatic rings. The van der Waals surface area contributed by atoms with E-state index in [2.05, 4.69) is 39.5 Å². The van der Waals surface area contributed by atoms with Gasteiger partial charge < -0.3 is 24.1 Å². The van der Waals surface area contributed by atoms with E-state index in [0.717, 1.165) is 7.11 Å². The summed E-state index contributed by atoms with van der Waals surface area (Å²) in [5.74, 6) is -4.92. The lowest BCUT2D eigenvalue weighted by Crippen LogP contribution is -2.21. The Morgan fingerprint density at radius 1 is 1.05 bits per heavy atom. The number of ether oxygens (including phenoxy) is 4. The molecule has 0 spiro atoms. The SMILES string of the molecule is COC(=O)C(OC(=O)CS)=C(OCCO)OC(=O)CS. The van der Waals surface area contributed by atoms with Crippen molar-refractivity contribution in [2.75, 3.05) is 31.8 Å². The average Bonchev–Trinajstić information content (AvgIpc) is 2.47. The maximum atomic E-state index is 11.5. The summed E-state index contributed by atoms with van der Waals surface area (Å²) in [7, 11) is 1.03. The number of hydrogen-bond acceptors (Lipinski definition) is 10. The van der Waals surface area contributed by atoms with Gasteiger partial charge in [-0.1, -0.05) is 0 Å². The molecule has 0 unspecified atom stereocenters. The van der Waals surface area contributed by atoms with Crippen LogP contribution >= 0.6 is 25.3 Å². The predicted octanol–water partition coefficient (Wildman–Crippen LogP) is -0.717. The first-order valence-corrected chi connectivity index (χ1v) is 6.45. The highest BCUT2D eigenvalue weighted by atomic mass is 32.1. The van der Waals surface area contributed by atoms with E-state index in [4.69, 9.17) is 9.84 Å². The van der Waals surface area contributed by atoms with E-state index >= 15 is 0 Å². The van der Waals surface area contributed by atoms with Crippen LogP contribution in [0.25, 0.3) is 0 Å². The van der Waals surface area contributed by atoms with Gasteiger partial charge in [0.2, 0.25) is 0 Å². The second-order valence-corrected chi connectivity index (χ2v) is 3.58. The van der Waals surface area contributed by atoms with Crippen LogP contribution in [0.15, 0.2) is 11.7 Å². The molecule has 0 aromatic rings. The molecule has 0 heterocycles. The van der Waals surface area contributed by atoms with Gasteiger partial charge in [0.25, 0.3) is 5.76 Å². The molecule has 0 saturated heterocycles. The first kappa shape index (κ1) is 18.6. The fraction of sp³-hybridized carbons (Fsp3) is 0.500. The predicted molar refractivity (Wildman–Crippen MR) is 72.0 cm³/mol. The molecule has 0 radical (unpaired) electrons. The molecule has 0 fully saturated rings. The summed E-state index contributed by atoms with van der Waals surface area (Å²) in [5.41, 5.74) is 0. The minimum atomic E-state index is -1.10. The van der Waals surface area contributed by atoms with Crippen LogP contribution in [0.3, 0.4) is 0 Å². The van der Waals surface area contributed by atoms with E-state index < -0.39 is 36.2 Å². The van der Waals surface area contributed by atoms with Crippen molar-refractivity contribution in [1.82, 2.24) is 0 Å². The molecule has 0 atom stereocenters. The second kappa shape index (κ2) is 10.4. The van der Waals surface area contributed by atoms with Crippen molar-refractivity contribution >= 4 is 43.2 Å². The average molecular weight is 326 g/mol. The third-order valence-electron chi connectivity index (χ3n) is 1.56. The van der Waals surface area contributed by atoms with Crippen LogP contribution in [0.4, 0.5) is 0 Å². The standard InChI is InChI=1S/C10H14O8S2/c1-15-9(14)8(17-6(12)4-19)10(16-3-2-11)18-7(13)5-20/h11,19-20H,2-5H2,1H3. The molecule has 1 N–H and O–H groups in total. The first-order chi connectivity index (χ1) is 9.49. The van der Waals surface area contributed by atoms with Crippen LogP contribution in [0.2, 0.25) is 0 Å². The lowest BCUT2D eigenvalue weighted by Gasteiger charge is -2.13. The highest BCUT2D eigenvalue weighted by Crippen LogP contribution is 2.13. The van der Waals surface area contributed by atoms with Crippen LogP contribution in [0, 0.1) is 0 Å². The zero-order valence-corrected chi connectivity index (χ0v) is 12.3. The number of hydrogen-bond donors (Lipinski definition) is 3. The number of esters is 3. The van der Waals surface area contributed by atoms with Crippen LogP contribution < -0.4 is 0 Å². The van der Waals surface area contributed by atoms with Gasteiger partial charge in [-0.25, -0.2) is 4.79 Å². The highest BCUT2D eigenvalue weighted by Gasteiger charge is 2.26. The number of aliphatic hydroxyl groups excluding tert-OH is 1. The number of carbonyl (C=O) groups excluding carboxylic acids is 3. The van der Waals surface area contributed by atoms with E-state index in [1.807, 2.05) is 0 Å². The molecule has 114 valence electrons. The van der Waals surface area contributed by atoms with E-state index in [1.54, 1.807) is 0 Å². The van der Waals surface area contributed by atoms with Crippen LogP contribution in [0.1, 0.15) is 0 Å². The zero-order chi connectivity index (χ0) is 15.5. The van der Waals surface area contributed by atoms with Gasteiger partial charge in [0.15, 0.2) is 0 Å². The summed E-state index contributed by atoms with van der Waals surface area (Å²) in [6.07, 6.45) is 0. The Hall–Kier alpha value is -1.39. The maximum Gasteiger partial charge on any atom is 0.381 e. The van der Waals surface area contributed by atoms with Crippen molar-refractivity contribution in [3.05, 3.63) is 11.7 Å². The van der Waals surface area contributed by atoms with E-state index in [-0.39, 0.29) is 18.1 Å². The van der Waals surface area contributed by atoms with Gasteiger partial charge in [0.1, 0.15) is 6.61 Å². The van der Waals surface area contributed by atoms with Gasteiger partial charge in [-0.2, -0.15) is 25.3 Å². The monoisotopic (exact) mass is 326 g/mol. The number of aliphatic hydroxyl groups is 1. The normalized spacial score (nSPS) is 11.2. The van der Waals surface area contributed by atoms with E-state index in [9.17, 15) is 14.4 Å². The third-order valence-corrected chi connectivity index (χ3v) is 2.08. The molecule has 0 aliphatic carbocycles. The van der Waals surface area contributed by atoms with Crippen molar-refractivity contribution in [2.45, 2.75) is 0 Å². The summed E-state index contributed by atoms with van der Waals surface area (Å²) in [6.45, 7) is -0.717. The number of methoxy groups -OCH3 is 1. The van der Waals surface area contributed by atoms with Gasteiger partial charge in [-0.05, 0) is 0 Å². The molecule has 8 nitrogen and oxygen atoms in total. The summed E-state index contributed by atoms with van der Waals surface area (Å²) in [5, 5.41) is 8.67. The minimum absolute atomic E-state index is 0.298. The summed E-state index contributed by atoms with van der Waals surface area (Å²) in [6, 6.07) is 0. The van der Waals surface area contributed by atoms with Crippen molar-refractivity contribution < 1.29 is 38.4 Å². The quantitative estimate of drug-likeness (QED) is 0.176.